The van der Waals surface area contributed by atoms with Crippen LogP contribution in [0.15, 0.2) is 108 Å². The van der Waals surface area contributed by atoms with Gasteiger partial charge < -0.3 is 24.7 Å². The Balaban J connectivity index is 1.42. The van der Waals surface area contributed by atoms with Gasteiger partial charge in [-0.1, -0.05) is 54.6 Å². The van der Waals surface area contributed by atoms with Crippen molar-refractivity contribution < 1.29 is 33.3 Å². The molecule has 6 rings (SSSR count). The first-order valence-corrected chi connectivity index (χ1v) is 13.8. The molecule has 0 unspecified atom stereocenters. The highest BCUT2D eigenvalue weighted by molar-refractivity contribution is 5.91. The van der Waals surface area contributed by atoms with Gasteiger partial charge in [0.1, 0.15) is 24.6 Å². The largest absolute Gasteiger partial charge is 0.459 e. The Morgan fingerprint density at radius 1 is 0.733 bits per heavy atom. The fraction of sp³-hybridized carbons (Fsp3) is 0.156. The van der Waals surface area contributed by atoms with E-state index < -0.39 is 54.6 Å². The highest BCUT2D eigenvalue weighted by atomic mass is 16.7. The summed E-state index contributed by atoms with van der Waals surface area (Å²) in [6.07, 6.45) is -3.26. The van der Waals surface area contributed by atoms with Gasteiger partial charge in [0, 0.05) is 0 Å². The first-order chi connectivity index (χ1) is 21.9. The average molecular weight is 608 g/mol. The number of esters is 3. The predicted octanol–water partition coefficient (Wildman–Crippen LogP) is 2.97. The van der Waals surface area contributed by atoms with E-state index in [1.165, 1.54) is 0 Å². The third kappa shape index (κ3) is 6.10. The van der Waals surface area contributed by atoms with Crippen molar-refractivity contribution in [1.82, 2.24) is 19.5 Å². The molecule has 1 aliphatic rings. The van der Waals surface area contributed by atoms with Crippen LogP contribution in [0.2, 0.25) is 0 Å². The summed E-state index contributed by atoms with van der Waals surface area (Å²) in [4.78, 5) is 65.1. The predicted molar refractivity (Wildman–Crippen MR) is 158 cm³/mol. The molecule has 2 aromatic heterocycles. The maximum atomic E-state index is 13.4. The standard InChI is InChI=1S/C32H25N5O8/c33-27-24-28(36-18-35-27)37(23(38)16-34-24)29-26(45-32(41)21-14-8-3-9-15-21)25(44-31(40)20-12-6-2-7-13-20)22(43-29)17-42-30(39)19-10-4-1-5-11-19/h1-16,18,22,25-26,29H,17H2,(H2,33,35,36)/t22-,25-,26-,29-/m1/s1. The van der Waals surface area contributed by atoms with Crippen molar-refractivity contribution in [3.8, 4) is 0 Å². The van der Waals surface area contributed by atoms with E-state index >= 15 is 0 Å². The molecular weight excluding hydrogens is 582 g/mol. The van der Waals surface area contributed by atoms with Crippen LogP contribution in [0, 0.1) is 0 Å². The molecule has 0 spiro atoms. The van der Waals surface area contributed by atoms with E-state index in [4.69, 9.17) is 24.7 Å². The number of anilines is 1. The Bertz CT molecular complexity index is 1900. The van der Waals surface area contributed by atoms with E-state index in [1.54, 1.807) is 91.0 Å². The van der Waals surface area contributed by atoms with E-state index in [-0.39, 0.29) is 33.7 Å². The van der Waals surface area contributed by atoms with Gasteiger partial charge in [-0.2, -0.15) is 0 Å². The van der Waals surface area contributed by atoms with E-state index in [0.29, 0.717) is 0 Å². The SMILES string of the molecule is Nc1ncnc2c1ncc(=O)n2[C@@H]1O[C@H](COC(=O)c2ccccc2)[C@@H](OC(=O)c2ccccc2)[C@H]1OC(=O)c1ccccc1. The van der Waals surface area contributed by atoms with E-state index in [9.17, 15) is 19.2 Å². The smallest absolute Gasteiger partial charge is 0.338 e. The quantitative estimate of drug-likeness (QED) is 0.202. The number of ether oxygens (including phenoxy) is 4. The molecule has 0 aliphatic carbocycles. The fourth-order valence-electron chi connectivity index (χ4n) is 4.88. The van der Waals surface area contributed by atoms with Gasteiger partial charge in [-0.3, -0.25) is 9.36 Å². The first-order valence-electron chi connectivity index (χ1n) is 13.8. The number of carbonyl (C=O) groups excluding carboxylic acids is 3. The third-order valence-electron chi connectivity index (χ3n) is 7.03. The second kappa shape index (κ2) is 12.7. The fourth-order valence-corrected chi connectivity index (χ4v) is 4.88. The summed E-state index contributed by atoms with van der Waals surface area (Å²) in [6.45, 7) is -0.425. The van der Waals surface area contributed by atoms with Crippen molar-refractivity contribution in [1.29, 1.82) is 0 Å². The van der Waals surface area contributed by atoms with Gasteiger partial charge in [-0.15, -0.1) is 0 Å². The van der Waals surface area contributed by atoms with Crippen molar-refractivity contribution in [3.05, 3.63) is 131 Å². The van der Waals surface area contributed by atoms with Crippen LogP contribution in [0.3, 0.4) is 0 Å². The number of nitrogens with two attached hydrogens (primary N) is 1. The van der Waals surface area contributed by atoms with Crippen LogP contribution in [0.4, 0.5) is 5.82 Å². The molecule has 5 aromatic rings. The van der Waals surface area contributed by atoms with Gasteiger partial charge in [-0.25, -0.2) is 29.3 Å². The molecule has 13 nitrogen and oxygen atoms in total. The molecular formula is C32H25N5O8. The van der Waals surface area contributed by atoms with Crippen molar-refractivity contribution in [3.63, 3.8) is 0 Å². The summed E-state index contributed by atoms with van der Waals surface area (Å²) in [5.41, 5.74) is 6.08. The van der Waals surface area contributed by atoms with E-state index in [0.717, 1.165) is 17.1 Å². The number of rotatable bonds is 8. The number of fused-ring (bicyclic) bond motifs is 1. The molecule has 45 heavy (non-hydrogen) atoms. The minimum absolute atomic E-state index is 0.00928. The molecule has 0 saturated carbocycles. The first kappa shape index (κ1) is 29.1. The summed E-state index contributed by atoms with van der Waals surface area (Å²) < 4.78 is 24.7. The topological polar surface area (TPSA) is 175 Å². The Morgan fingerprint density at radius 2 is 1.27 bits per heavy atom. The highest BCUT2D eigenvalue weighted by Gasteiger charge is 2.52. The molecule has 226 valence electrons. The van der Waals surface area contributed by atoms with Crippen LogP contribution in [0.5, 0.6) is 0 Å². The lowest BCUT2D eigenvalue weighted by Gasteiger charge is -2.25. The lowest BCUT2D eigenvalue weighted by molar-refractivity contribution is -0.0618. The second-order valence-corrected chi connectivity index (χ2v) is 9.90. The number of benzene rings is 3. The molecule has 1 fully saturated rings. The Hall–Kier alpha value is -5.95. The van der Waals surface area contributed by atoms with E-state index in [2.05, 4.69) is 15.0 Å². The van der Waals surface area contributed by atoms with Gasteiger partial charge in [0.05, 0.1) is 22.9 Å². The second-order valence-electron chi connectivity index (χ2n) is 9.90. The minimum Gasteiger partial charge on any atom is -0.459 e. The Kier molecular flexibility index (Phi) is 8.24. The van der Waals surface area contributed by atoms with Crippen LogP contribution in [-0.4, -0.2) is 62.3 Å². The summed E-state index contributed by atoms with van der Waals surface area (Å²) in [7, 11) is 0. The summed E-state index contributed by atoms with van der Waals surface area (Å²) >= 11 is 0. The van der Waals surface area contributed by atoms with Crippen molar-refractivity contribution in [2.45, 2.75) is 24.5 Å². The molecule has 13 heteroatoms. The summed E-state index contributed by atoms with van der Waals surface area (Å²) in [5.74, 6) is -2.22. The van der Waals surface area contributed by atoms with Crippen molar-refractivity contribution in [2.75, 3.05) is 12.3 Å². The molecule has 0 radical (unpaired) electrons. The van der Waals surface area contributed by atoms with E-state index in [1.807, 2.05) is 0 Å². The number of nitrogens with zero attached hydrogens (tertiary/aromatic N) is 4. The summed E-state index contributed by atoms with van der Waals surface area (Å²) in [5, 5.41) is 0. The van der Waals surface area contributed by atoms with Crippen LogP contribution >= 0.6 is 0 Å². The Labute approximate surface area is 255 Å². The highest BCUT2D eigenvalue weighted by Crippen LogP contribution is 2.36. The molecule has 1 saturated heterocycles. The van der Waals surface area contributed by atoms with Gasteiger partial charge in [0.25, 0.3) is 5.56 Å². The van der Waals surface area contributed by atoms with Crippen molar-refractivity contribution in [2.24, 2.45) is 0 Å². The van der Waals surface area contributed by atoms with Gasteiger partial charge in [0.2, 0.25) is 0 Å². The van der Waals surface area contributed by atoms with Crippen LogP contribution in [-0.2, 0) is 18.9 Å². The molecule has 2 N–H and O–H groups in total. The van der Waals surface area contributed by atoms with Crippen LogP contribution in [0.25, 0.3) is 11.2 Å². The van der Waals surface area contributed by atoms with Crippen LogP contribution < -0.4 is 11.3 Å². The molecule has 0 bridgehead atoms. The molecule has 3 heterocycles. The number of nitrogen functional groups attached to an aromatic ring is 1. The van der Waals surface area contributed by atoms with Gasteiger partial charge in [-0.05, 0) is 36.4 Å². The number of hydrogen-bond acceptors (Lipinski definition) is 12. The lowest BCUT2D eigenvalue weighted by Crippen LogP contribution is -2.42. The monoisotopic (exact) mass is 607 g/mol. The number of aromatic nitrogens is 4. The number of hydrogen-bond donors (Lipinski definition) is 1. The van der Waals surface area contributed by atoms with Crippen LogP contribution in [0.1, 0.15) is 37.3 Å². The summed E-state index contributed by atoms with van der Waals surface area (Å²) in [6, 6.07) is 24.5. The van der Waals surface area contributed by atoms with Gasteiger partial charge in [0.15, 0.2) is 29.9 Å². The minimum atomic E-state index is -1.43. The Morgan fingerprint density at radius 3 is 1.84 bits per heavy atom. The molecule has 4 atom stereocenters. The maximum absolute atomic E-state index is 13.4. The van der Waals surface area contributed by atoms with Gasteiger partial charge >= 0.3 is 17.9 Å². The van der Waals surface area contributed by atoms with Crippen molar-refractivity contribution >= 4 is 34.9 Å². The zero-order chi connectivity index (χ0) is 31.3. The zero-order valence-electron chi connectivity index (χ0n) is 23.5. The maximum Gasteiger partial charge on any atom is 0.338 e. The number of carbonyl (C=O) groups is 3. The zero-order valence-corrected chi connectivity index (χ0v) is 23.5. The molecule has 0 amide bonds. The molecule has 1 aliphatic heterocycles. The molecule has 3 aromatic carbocycles. The third-order valence-corrected chi connectivity index (χ3v) is 7.03. The normalized spacial score (nSPS) is 19.1. The average Bonchev–Trinajstić information content (AvgIpc) is 3.40. The lowest BCUT2D eigenvalue weighted by atomic mass is 10.1.